The van der Waals surface area contributed by atoms with E-state index in [4.69, 9.17) is 4.74 Å². The molecule has 0 N–H and O–H groups in total. The second-order valence-electron chi connectivity index (χ2n) is 4.91. The summed E-state index contributed by atoms with van der Waals surface area (Å²) in [6, 6.07) is 16.3. The summed E-state index contributed by atoms with van der Waals surface area (Å²) in [4.78, 5) is 12.0. The molecule has 0 saturated carbocycles. The van der Waals surface area contributed by atoms with Gasteiger partial charge in [0.25, 0.3) is 0 Å². The van der Waals surface area contributed by atoms with Gasteiger partial charge in [0.05, 0.1) is 7.11 Å². The Morgan fingerprint density at radius 2 is 1.84 bits per heavy atom. The van der Waals surface area contributed by atoms with Crippen LogP contribution in [0.25, 0.3) is 0 Å². The average molecular weight is 252 g/mol. The first-order valence-electron chi connectivity index (χ1n) is 6.52. The molecule has 0 saturated heterocycles. The lowest BCUT2D eigenvalue weighted by molar-refractivity contribution is -0.119. The minimum Gasteiger partial charge on any atom is -0.496 e. The number of ketones is 1. The minimum atomic E-state index is 0.160. The van der Waals surface area contributed by atoms with Crippen LogP contribution in [0.15, 0.2) is 48.5 Å². The van der Waals surface area contributed by atoms with Crippen molar-refractivity contribution >= 4 is 5.78 Å². The molecular weight excluding hydrogens is 236 g/mol. The maximum atomic E-state index is 12.0. The quantitative estimate of drug-likeness (QED) is 0.819. The molecule has 0 heterocycles. The third-order valence-corrected chi connectivity index (χ3v) is 3.77. The molecule has 0 fully saturated rings. The molecule has 96 valence electrons. The molecule has 19 heavy (non-hydrogen) atoms. The zero-order valence-corrected chi connectivity index (χ0v) is 10.9. The second kappa shape index (κ2) is 4.88. The van der Waals surface area contributed by atoms with Crippen molar-refractivity contribution in [1.29, 1.82) is 0 Å². The molecule has 0 spiro atoms. The molecule has 0 aromatic heterocycles. The van der Waals surface area contributed by atoms with Crippen molar-refractivity contribution in [2.24, 2.45) is 0 Å². The standard InChI is InChI=1S/C17H16O2/c1-19-17-9-5-8-14-15(10-13(18)11-16(14)17)12-6-3-2-4-7-12/h2-9,15H,10-11H2,1H3/t15-/m0/s1. The number of carbonyl (C=O) groups is 1. The maximum Gasteiger partial charge on any atom is 0.138 e. The van der Waals surface area contributed by atoms with E-state index in [0.717, 1.165) is 11.3 Å². The van der Waals surface area contributed by atoms with E-state index in [0.29, 0.717) is 12.8 Å². The van der Waals surface area contributed by atoms with Crippen molar-refractivity contribution in [2.75, 3.05) is 7.11 Å². The lowest BCUT2D eigenvalue weighted by Crippen LogP contribution is -2.19. The molecule has 1 atom stereocenters. The molecule has 2 aromatic rings. The van der Waals surface area contributed by atoms with Crippen LogP contribution in [0.1, 0.15) is 29.0 Å². The SMILES string of the molecule is COc1cccc2c1CC(=O)C[C@H]2c1ccccc1. The number of carbonyl (C=O) groups excluding carboxylic acids is 1. The van der Waals surface area contributed by atoms with E-state index in [2.05, 4.69) is 18.2 Å². The number of benzene rings is 2. The molecular formula is C17H16O2. The summed E-state index contributed by atoms with van der Waals surface area (Å²) in [6.45, 7) is 0. The van der Waals surface area contributed by atoms with Gasteiger partial charge in [0.15, 0.2) is 0 Å². The Hall–Kier alpha value is -2.09. The molecule has 3 rings (SSSR count). The molecule has 0 aliphatic heterocycles. The number of methoxy groups -OCH3 is 1. The van der Waals surface area contributed by atoms with Gasteiger partial charge in [-0.1, -0.05) is 42.5 Å². The fourth-order valence-corrected chi connectivity index (χ4v) is 2.88. The zero-order chi connectivity index (χ0) is 13.2. The molecule has 2 nitrogen and oxygen atoms in total. The van der Waals surface area contributed by atoms with Gasteiger partial charge in [0.1, 0.15) is 11.5 Å². The highest BCUT2D eigenvalue weighted by Gasteiger charge is 2.28. The third kappa shape index (κ3) is 2.14. The van der Waals surface area contributed by atoms with Gasteiger partial charge < -0.3 is 4.74 Å². The lowest BCUT2D eigenvalue weighted by Gasteiger charge is -2.26. The van der Waals surface area contributed by atoms with Gasteiger partial charge in [0.2, 0.25) is 0 Å². The fourth-order valence-electron chi connectivity index (χ4n) is 2.88. The second-order valence-corrected chi connectivity index (χ2v) is 4.91. The van der Waals surface area contributed by atoms with E-state index in [-0.39, 0.29) is 11.7 Å². The van der Waals surface area contributed by atoms with Gasteiger partial charge in [-0.3, -0.25) is 4.79 Å². The van der Waals surface area contributed by atoms with Crippen LogP contribution in [0, 0.1) is 0 Å². The molecule has 0 unspecified atom stereocenters. The first-order chi connectivity index (χ1) is 9.29. The number of fused-ring (bicyclic) bond motifs is 1. The summed E-state index contributed by atoms with van der Waals surface area (Å²) in [7, 11) is 1.66. The monoisotopic (exact) mass is 252 g/mol. The molecule has 2 heteroatoms. The third-order valence-electron chi connectivity index (χ3n) is 3.77. The van der Waals surface area contributed by atoms with Gasteiger partial charge in [-0.25, -0.2) is 0 Å². The number of ether oxygens (including phenoxy) is 1. The van der Waals surface area contributed by atoms with E-state index in [1.807, 2.05) is 30.3 Å². The first kappa shape index (κ1) is 12.0. The van der Waals surface area contributed by atoms with Crippen LogP contribution >= 0.6 is 0 Å². The summed E-state index contributed by atoms with van der Waals surface area (Å²) in [6.07, 6.45) is 1.08. The Morgan fingerprint density at radius 1 is 1.05 bits per heavy atom. The molecule has 2 aromatic carbocycles. The Bertz CT molecular complexity index is 602. The average Bonchev–Trinajstić information content (AvgIpc) is 2.46. The van der Waals surface area contributed by atoms with E-state index < -0.39 is 0 Å². The molecule has 0 amide bonds. The number of hydrogen-bond donors (Lipinski definition) is 0. The van der Waals surface area contributed by atoms with E-state index >= 15 is 0 Å². The van der Waals surface area contributed by atoms with Gasteiger partial charge in [-0.05, 0) is 17.2 Å². The van der Waals surface area contributed by atoms with Crippen LogP contribution in [0.4, 0.5) is 0 Å². The zero-order valence-electron chi connectivity index (χ0n) is 10.9. The summed E-state index contributed by atoms with van der Waals surface area (Å²) < 4.78 is 5.39. The van der Waals surface area contributed by atoms with Gasteiger partial charge in [-0.2, -0.15) is 0 Å². The van der Waals surface area contributed by atoms with Crippen molar-refractivity contribution in [2.45, 2.75) is 18.8 Å². The normalized spacial score (nSPS) is 17.9. The largest absolute Gasteiger partial charge is 0.496 e. The van der Waals surface area contributed by atoms with Crippen LogP contribution in [-0.2, 0) is 11.2 Å². The fraction of sp³-hybridized carbons (Fsp3) is 0.235. The van der Waals surface area contributed by atoms with Crippen LogP contribution in [0.2, 0.25) is 0 Å². The number of rotatable bonds is 2. The van der Waals surface area contributed by atoms with Crippen molar-refractivity contribution in [1.82, 2.24) is 0 Å². The smallest absolute Gasteiger partial charge is 0.138 e. The highest BCUT2D eigenvalue weighted by atomic mass is 16.5. The van der Waals surface area contributed by atoms with Crippen LogP contribution in [0.3, 0.4) is 0 Å². The molecule has 1 aliphatic rings. The van der Waals surface area contributed by atoms with Crippen LogP contribution in [-0.4, -0.2) is 12.9 Å². The lowest BCUT2D eigenvalue weighted by atomic mass is 9.78. The van der Waals surface area contributed by atoms with Crippen LogP contribution in [0.5, 0.6) is 5.75 Å². The predicted octanol–water partition coefficient (Wildman–Crippen LogP) is 3.34. The number of hydrogen-bond acceptors (Lipinski definition) is 2. The Morgan fingerprint density at radius 3 is 2.58 bits per heavy atom. The van der Waals surface area contributed by atoms with Crippen molar-refractivity contribution in [3.8, 4) is 5.75 Å². The highest BCUT2D eigenvalue weighted by molar-refractivity contribution is 5.85. The topological polar surface area (TPSA) is 26.3 Å². The minimum absolute atomic E-state index is 0.160. The molecule has 0 radical (unpaired) electrons. The van der Waals surface area contributed by atoms with Crippen molar-refractivity contribution in [3.63, 3.8) is 0 Å². The van der Waals surface area contributed by atoms with Crippen molar-refractivity contribution < 1.29 is 9.53 Å². The highest BCUT2D eigenvalue weighted by Crippen LogP contribution is 2.38. The Kier molecular flexibility index (Phi) is 3.08. The summed E-state index contributed by atoms with van der Waals surface area (Å²) >= 11 is 0. The van der Waals surface area contributed by atoms with Gasteiger partial charge >= 0.3 is 0 Å². The Labute approximate surface area is 113 Å². The first-order valence-corrected chi connectivity index (χ1v) is 6.52. The summed E-state index contributed by atoms with van der Waals surface area (Å²) in [5.41, 5.74) is 3.48. The van der Waals surface area contributed by atoms with Gasteiger partial charge in [0, 0.05) is 24.3 Å². The van der Waals surface area contributed by atoms with E-state index in [1.54, 1.807) is 7.11 Å². The van der Waals surface area contributed by atoms with Crippen molar-refractivity contribution in [3.05, 3.63) is 65.2 Å². The maximum absolute atomic E-state index is 12.0. The van der Waals surface area contributed by atoms with Gasteiger partial charge in [-0.15, -0.1) is 0 Å². The van der Waals surface area contributed by atoms with E-state index in [1.165, 1.54) is 11.1 Å². The predicted molar refractivity (Wildman–Crippen MR) is 74.6 cm³/mol. The summed E-state index contributed by atoms with van der Waals surface area (Å²) in [5.74, 6) is 1.27. The molecule has 0 bridgehead atoms. The van der Waals surface area contributed by atoms with Crippen LogP contribution < -0.4 is 4.74 Å². The number of Topliss-reactive ketones (excluding diaryl/α,β-unsaturated/α-hetero) is 1. The Balaban J connectivity index is 2.13. The summed E-state index contributed by atoms with van der Waals surface area (Å²) in [5, 5.41) is 0. The van der Waals surface area contributed by atoms with E-state index in [9.17, 15) is 4.79 Å². The molecule has 1 aliphatic carbocycles.